The number of unbranched alkanes of at least 4 members (excludes halogenated alkanes) is 1. The molecule has 0 radical (unpaired) electrons. The van der Waals surface area contributed by atoms with Gasteiger partial charge in [0.2, 0.25) is 0 Å². The van der Waals surface area contributed by atoms with Crippen LogP contribution in [0.1, 0.15) is 37.3 Å². The molecule has 14 heavy (non-hydrogen) atoms. The Morgan fingerprint density at radius 3 is 3.00 bits per heavy atom. The molecule has 1 N–H and O–H groups in total. The molecule has 0 bridgehead atoms. The van der Waals surface area contributed by atoms with Crippen LogP contribution in [0, 0.1) is 0 Å². The van der Waals surface area contributed by atoms with Gasteiger partial charge in [-0.05, 0) is 12.0 Å². The van der Waals surface area contributed by atoms with Crippen molar-refractivity contribution in [3.8, 4) is 0 Å². The molecule has 0 spiro atoms. The van der Waals surface area contributed by atoms with Crippen LogP contribution in [-0.4, -0.2) is 5.11 Å². The van der Waals surface area contributed by atoms with Crippen LogP contribution >= 0.6 is 0 Å². The molecule has 2 rings (SSSR count). The van der Waals surface area contributed by atoms with Crippen molar-refractivity contribution in [2.75, 3.05) is 0 Å². The van der Waals surface area contributed by atoms with Crippen LogP contribution in [0.15, 0.2) is 24.3 Å². The minimum Gasteiger partial charge on any atom is -0.362 e. The quantitative estimate of drug-likeness (QED) is 0.797. The number of aliphatic hydroxyl groups is 1. The van der Waals surface area contributed by atoms with Crippen molar-refractivity contribution < 1.29 is 9.84 Å². The Morgan fingerprint density at radius 1 is 1.43 bits per heavy atom. The van der Waals surface area contributed by atoms with Gasteiger partial charge in [-0.3, -0.25) is 0 Å². The number of rotatable bonds is 3. The molecule has 2 nitrogen and oxygen atoms in total. The first kappa shape index (κ1) is 9.69. The summed E-state index contributed by atoms with van der Waals surface area (Å²) in [5.41, 5.74) is 2.07. The second kappa shape index (κ2) is 3.71. The molecule has 2 heteroatoms. The summed E-state index contributed by atoms with van der Waals surface area (Å²) in [6.07, 6.45) is 2.76. The van der Waals surface area contributed by atoms with Crippen molar-refractivity contribution in [2.24, 2.45) is 0 Å². The predicted octanol–water partition coefficient (Wildman–Crippen LogP) is 2.55. The van der Waals surface area contributed by atoms with Crippen LogP contribution in [0.3, 0.4) is 0 Å². The first-order valence-electron chi connectivity index (χ1n) is 5.21. The first-order chi connectivity index (χ1) is 6.76. The van der Waals surface area contributed by atoms with E-state index in [1.807, 2.05) is 24.3 Å². The monoisotopic (exact) mass is 192 g/mol. The van der Waals surface area contributed by atoms with E-state index in [0.717, 1.165) is 24.0 Å². The zero-order chi connectivity index (χ0) is 10.0. The molecule has 0 saturated heterocycles. The fraction of sp³-hybridized carbons (Fsp3) is 0.500. The van der Waals surface area contributed by atoms with Crippen LogP contribution in [0.25, 0.3) is 0 Å². The number of fused-ring (bicyclic) bond motifs is 1. The summed E-state index contributed by atoms with van der Waals surface area (Å²) in [6, 6.07) is 7.90. The van der Waals surface area contributed by atoms with E-state index in [2.05, 4.69) is 6.92 Å². The Balaban J connectivity index is 2.23. The van der Waals surface area contributed by atoms with E-state index in [-0.39, 0.29) is 0 Å². The number of hydrogen-bond acceptors (Lipinski definition) is 2. The van der Waals surface area contributed by atoms with Gasteiger partial charge in [-0.25, -0.2) is 0 Å². The summed E-state index contributed by atoms with van der Waals surface area (Å²) < 4.78 is 5.47. The van der Waals surface area contributed by atoms with E-state index in [0.29, 0.717) is 13.0 Å². The van der Waals surface area contributed by atoms with Crippen LogP contribution in [0.5, 0.6) is 0 Å². The Bertz CT molecular complexity index is 322. The third-order valence-electron chi connectivity index (χ3n) is 2.77. The summed E-state index contributed by atoms with van der Waals surface area (Å²) in [4.78, 5) is 0. The highest BCUT2D eigenvalue weighted by molar-refractivity contribution is 5.33. The molecule has 0 aromatic heterocycles. The Labute approximate surface area is 84.5 Å². The van der Waals surface area contributed by atoms with Crippen LogP contribution < -0.4 is 0 Å². The second-order valence-electron chi connectivity index (χ2n) is 3.83. The molecule has 1 heterocycles. The van der Waals surface area contributed by atoms with Gasteiger partial charge >= 0.3 is 0 Å². The summed E-state index contributed by atoms with van der Waals surface area (Å²) >= 11 is 0. The van der Waals surface area contributed by atoms with E-state index in [4.69, 9.17) is 4.74 Å². The molecule has 0 amide bonds. The maximum atomic E-state index is 10.3. The van der Waals surface area contributed by atoms with Gasteiger partial charge in [0.15, 0.2) is 5.79 Å². The van der Waals surface area contributed by atoms with Crippen LogP contribution in [-0.2, 0) is 17.1 Å². The molecule has 1 aliphatic heterocycles. The van der Waals surface area contributed by atoms with Gasteiger partial charge < -0.3 is 9.84 Å². The maximum Gasteiger partial charge on any atom is 0.193 e. The topological polar surface area (TPSA) is 29.5 Å². The fourth-order valence-corrected chi connectivity index (χ4v) is 1.93. The van der Waals surface area contributed by atoms with Crippen molar-refractivity contribution in [2.45, 2.75) is 38.6 Å². The van der Waals surface area contributed by atoms with Crippen molar-refractivity contribution >= 4 is 0 Å². The molecular weight excluding hydrogens is 176 g/mol. The van der Waals surface area contributed by atoms with E-state index in [9.17, 15) is 5.11 Å². The lowest BCUT2D eigenvalue weighted by Crippen LogP contribution is -2.24. The fourth-order valence-electron chi connectivity index (χ4n) is 1.93. The van der Waals surface area contributed by atoms with E-state index < -0.39 is 5.79 Å². The normalized spacial score (nSPS) is 25.0. The highest BCUT2D eigenvalue weighted by Gasteiger charge is 2.36. The average molecular weight is 192 g/mol. The number of hydrogen-bond donors (Lipinski definition) is 1. The molecule has 1 aromatic rings. The van der Waals surface area contributed by atoms with E-state index >= 15 is 0 Å². The highest BCUT2D eigenvalue weighted by atomic mass is 16.6. The summed E-state index contributed by atoms with van der Waals surface area (Å²) in [6.45, 7) is 2.65. The van der Waals surface area contributed by atoms with Gasteiger partial charge in [-0.15, -0.1) is 0 Å². The van der Waals surface area contributed by atoms with Crippen molar-refractivity contribution in [3.05, 3.63) is 35.4 Å². The molecule has 1 aromatic carbocycles. The average Bonchev–Trinajstić information content (AvgIpc) is 2.55. The lowest BCUT2D eigenvalue weighted by molar-refractivity contribution is -0.208. The van der Waals surface area contributed by atoms with Gasteiger partial charge in [0.25, 0.3) is 0 Å². The standard InChI is InChI=1S/C12H16O2/c1-2-3-8-12(13)11-7-5-4-6-10(11)9-14-12/h4-7,13H,2-3,8-9H2,1H3. The SMILES string of the molecule is CCCCC1(O)OCc2ccccc21. The molecular formula is C12H16O2. The molecule has 0 fully saturated rings. The van der Waals surface area contributed by atoms with Crippen LogP contribution in [0.2, 0.25) is 0 Å². The highest BCUT2D eigenvalue weighted by Crippen LogP contribution is 2.37. The summed E-state index contributed by atoms with van der Waals surface area (Å²) in [5.74, 6) is -1.02. The molecule has 1 unspecified atom stereocenters. The maximum absolute atomic E-state index is 10.3. The van der Waals surface area contributed by atoms with Gasteiger partial charge in [-0.2, -0.15) is 0 Å². The summed E-state index contributed by atoms with van der Waals surface area (Å²) in [5, 5.41) is 10.3. The van der Waals surface area contributed by atoms with E-state index in [1.165, 1.54) is 0 Å². The van der Waals surface area contributed by atoms with Crippen molar-refractivity contribution in [1.82, 2.24) is 0 Å². The zero-order valence-electron chi connectivity index (χ0n) is 8.49. The third kappa shape index (κ3) is 1.56. The van der Waals surface area contributed by atoms with Gasteiger partial charge in [0.05, 0.1) is 6.61 Å². The van der Waals surface area contributed by atoms with Crippen LogP contribution in [0.4, 0.5) is 0 Å². The lowest BCUT2D eigenvalue weighted by Gasteiger charge is -2.22. The summed E-state index contributed by atoms with van der Waals surface area (Å²) in [7, 11) is 0. The Hall–Kier alpha value is -0.860. The minimum absolute atomic E-state index is 0.538. The van der Waals surface area contributed by atoms with Gasteiger partial charge in [-0.1, -0.05) is 37.6 Å². The minimum atomic E-state index is -1.02. The Morgan fingerprint density at radius 2 is 2.21 bits per heavy atom. The second-order valence-corrected chi connectivity index (χ2v) is 3.83. The van der Waals surface area contributed by atoms with Crippen molar-refractivity contribution in [3.63, 3.8) is 0 Å². The smallest absolute Gasteiger partial charge is 0.193 e. The Kier molecular flexibility index (Phi) is 2.57. The number of benzene rings is 1. The van der Waals surface area contributed by atoms with Gasteiger partial charge in [0, 0.05) is 12.0 Å². The molecule has 76 valence electrons. The van der Waals surface area contributed by atoms with Gasteiger partial charge in [0.1, 0.15) is 0 Å². The first-order valence-corrected chi connectivity index (χ1v) is 5.21. The lowest BCUT2D eigenvalue weighted by atomic mass is 9.98. The molecule has 0 saturated carbocycles. The number of ether oxygens (including phenoxy) is 1. The van der Waals surface area contributed by atoms with Crippen molar-refractivity contribution in [1.29, 1.82) is 0 Å². The molecule has 0 aliphatic carbocycles. The largest absolute Gasteiger partial charge is 0.362 e. The molecule has 1 atom stereocenters. The third-order valence-corrected chi connectivity index (χ3v) is 2.77. The van der Waals surface area contributed by atoms with E-state index in [1.54, 1.807) is 0 Å². The zero-order valence-corrected chi connectivity index (χ0v) is 8.49. The predicted molar refractivity (Wildman–Crippen MR) is 54.7 cm³/mol. The molecule has 1 aliphatic rings.